The van der Waals surface area contributed by atoms with Crippen LogP contribution in [0.5, 0.6) is 0 Å². The van der Waals surface area contributed by atoms with Crippen LogP contribution in [-0.2, 0) is 12.8 Å². The molecule has 1 aromatic carbocycles. The minimum atomic E-state index is -0.280. The minimum Gasteiger partial charge on any atom is -0.388 e. The second kappa shape index (κ2) is 9.14. The molecule has 1 atom stereocenters. The van der Waals surface area contributed by atoms with Gasteiger partial charge in [0, 0.05) is 0 Å². The van der Waals surface area contributed by atoms with Crippen molar-refractivity contribution < 1.29 is 5.11 Å². The predicted octanol–water partition coefficient (Wildman–Crippen LogP) is 5.21. The van der Waals surface area contributed by atoms with Crippen molar-refractivity contribution in [2.24, 2.45) is 0 Å². The Morgan fingerprint density at radius 3 is 2.21 bits per heavy atom. The molecule has 0 aliphatic rings. The first kappa shape index (κ1) is 16.2. The fourth-order valence-electron chi connectivity index (χ4n) is 2.64. The molecule has 1 rings (SSSR count). The van der Waals surface area contributed by atoms with Gasteiger partial charge in [-0.2, -0.15) is 0 Å². The lowest BCUT2D eigenvalue weighted by Crippen LogP contribution is -2.00. The van der Waals surface area contributed by atoms with Crippen LogP contribution in [0.15, 0.2) is 18.2 Å². The van der Waals surface area contributed by atoms with Gasteiger partial charge in [-0.25, -0.2) is 0 Å². The average Bonchev–Trinajstić information content (AvgIpc) is 2.46. The van der Waals surface area contributed by atoms with Crippen molar-refractivity contribution in [2.75, 3.05) is 0 Å². The molecule has 19 heavy (non-hydrogen) atoms. The molecule has 1 heteroatoms. The molecule has 1 aromatic rings. The average molecular weight is 262 g/mol. The number of rotatable bonds is 9. The van der Waals surface area contributed by atoms with E-state index in [-0.39, 0.29) is 6.10 Å². The monoisotopic (exact) mass is 262 g/mol. The van der Waals surface area contributed by atoms with E-state index in [1.165, 1.54) is 36.8 Å². The second-order valence-electron chi connectivity index (χ2n) is 5.45. The maximum absolute atomic E-state index is 10.3. The quantitative estimate of drug-likeness (QED) is 0.606. The van der Waals surface area contributed by atoms with E-state index < -0.39 is 0 Å². The Morgan fingerprint density at radius 2 is 1.58 bits per heavy atom. The first-order chi connectivity index (χ1) is 9.22. The summed E-state index contributed by atoms with van der Waals surface area (Å²) in [6.07, 6.45) is 9.05. The van der Waals surface area contributed by atoms with Crippen molar-refractivity contribution in [3.8, 4) is 0 Å². The van der Waals surface area contributed by atoms with Crippen molar-refractivity contribution in [1.29, 1.82) is 0 Å². The van der Waals surface area contributed by atoms with Crippen LogP contribution >= 0.6 is 0 Å². The van der Waals surface area contributed by atoms with Crippen LogP contribution in [0.1, 0.15) is 82.1 Å². The molecule has 1 N–H and O–H groups in total. The SMILES string of the molecule is CCCCCCCC(O)c1ccc(CC)c(CC)c1. The highest BCUT2D eigenvalue weighted by atomic mass is 16.3. The number of aliphatic hydroxyl groups excluding tert-OH is 1. The van der Waals surface area contributed by atoms with Gasteiger partial charge in [0.1, 0.15) is 0 Å². The third-order valence-corrected chi connectivity index (χ3v) is 3.96. The van der Waals surface area contributed by atoms with Crippen LogP contribution in [0.3, 0.4) is 0 Å². The van der Waals surface area contributed by atoms with Gasteiger partial charge in [0.25, 0.3) is 0 Å². The Balaban J connectivity index is 2.49. The molecule has 0 saturated heterocycles. The Bertz CT molecular complexity index is 357. The van der Waals surface area contributed by atoms with E-state index >= 15 is 0 Å². The van der Waals surface area contributed by atoms with Crippen LogP contribution in [-0.4, -0.2) is 5.11 Å². The normalized spacial score (nSPS) is 12.6. The summed E-state index contributed by atoms with van der Waals surface area (Å²) in [6.45, 7) is 6.62. The van der Waals surface area contributed by atoms with Crippen molar-refractivity contribution in [1.82, 2.24) is 0 Å². The van der Waals surface area contributed by atoms with Crippen LogP contribution in [0.2, 0.25) is 0 Å². The van der Waals surface area contributed by atoms with Gasteiger partial charge in [0.2, 0.25) is 0 Å². The van der Waals surface area contributed by atoms with Crippen molar-refractivity contribution in [2.45, 2.75) is 78.2 Å². The number of hydrogen-bond donors (Lipinski definition) is 1. The van der Waals surface area contributed by atoms with Crippen LogP contribution < -0.4 is 0 Å². The zero-order chi connectivity index (χ0) is 14.1. The maximum atomic E-state index is 10.3. The van der Waals surface area contributed by atoms with E-state index in [1.54, 1.807) is 0 Å². The van der Waals surface area contributed by atoms with E-state index in [0.29, 0.717) is 0 Å². The third-order valence-electron chi connectivity index (χ3n) is 3.96. The molecule has 0 radical (unpaired) electrons. The van der Waals surface area contributed by atoms with Gasteiger partial charge in [-0.05, 0) is 36.0 Å². The van der Waals surface area contributed by atoms with Crippen molar-refractivity contribution in [3.63, 3.8) is 0 Å². The molecule has 0 fully saturated rings. The Morgan fingerprint density at radius 1 is 0.895 bits per heavy atom. The fourth-order valence-corrected chi connectivity index (χ4v) is 2.64. The van der Waals surface area contributed by atoms with Crippen LogP contribution in [0, 0.1) is 0 Å². The molecule has 0 spiro atoms. The van der Waals surface area contributed by atoms with E-state index in [1.807, 2.05) is 0 Å². The van der Waals surface area contributed by atoms with Crippen LogP contribution in [0.4, 0.5) is 0 Å². The minimum absolute atomic E-state index is 0.280. The lowest BCUT2D eigenvalue weighted by Gasteiger charge is -2.14. The largest absolute Gasteiger partial charge is 0.388 e. The van der Waals surface area contributed by atoms with Gasteiger partial charge >= 0.3 is 0 Å². The number of aliphatic hydroxyl groups is 1. The van der Waals surface area contributed by atoms with E-state index in [0.717, 1.165) is 31.2 Å². The number of aryl methyl sites for hydroxylation is 2. The Kier molecular flexibility index (Phi) is 7.81. The first-order valence-corrected chi connectivity index (χ1v) is 8.02. The highest BCUT2D eigenvalue weighted by molar-refractivity contribution is 5.33. The van der Waals surface area contributed by atoms with E-state index in [9.17, 15) is 5.11 Å². The smallest absolute Gasteiger partial charge is 0.0790 e. The summed E-state index contributed by atoms with van der Waals surface area (Å²) in [5.41, 5.74) is 3.91. The third kappa shape index (κ3) is 5.36. The number of benzene rings is 1. The van der Waals surface area contributed by atoms with Gasteiger partial charge in [-0.1, -0.05) is 71.1 Å². The highest BCUT2D eigenvalue weighted by Gasteiger charge is 2.09. The van der Waals surface area contributed by atoms with Gasteiger partial charge in [-0.15, -0.1) is 0 Å². The summed E-state index contributed by atoms with van der Waals surface area (Å²) in [7, 11) is 0. The lowest BCUT2D eigenvalue weighted by atomic mass is 9.95. The van der Waals surface area contributed by atoms with Crippen molar-refractivity contribution in [3.05, 3.63) is 34.9 Å². The molecule has 1 nitrogen and oxygen atoms in total. The van der Waals surface area contributed by atoms with Crippen LogP contribution in [0.25, 0.3) is 0 Å². The Hall–Kier alpha value is -0.820. The maximum Gasteiger partial charge on any atom is 0.0790 e. The molecule has 108 valence electrons. The van der Waals surface area contributed by atoms with Gasteiger partial charge < -0.3 is 5.11 Å². The summed E-state index contributed by atoms with van der Waals surface area (Å²) >= 11 is 0. The standard InChI is InChI=1S/C18H30O/c1-4-7-8-9-10-11-18(19)17-13-12-15(5-2)16(6-3)14-17/h12-14,18-19H,4-11H2,1-3H3. The summed E-state index contributed by atoms with van der Waals surface area (Å²) in [5.74, 6) is 0. The first-order valence-electron chi connectivity index (χ1n) is 8.02. The van der Waals surface area contributed by atoms with Crippen molar-refractivity contribution >= 4 is 0 Å². The molecular formula is C18H30O. The van der Waals surface area contributed by atoms with Gasteiger partial charge in [0.05, 0.1) is 6.10 Å². The lowest BCUT2D eigenvalue weighted by molar-refractivity contribution is 0.163. The molecule has 0 heterocycles. The predicted molar refractivity (Wildman–Crippen MR) is 83.5 cm³/mol. The highest BCUT2D eigenvalue weighted by Crippen LogP contribution is 2.23. The molecule has 0 aromatic heterocycles. The molecule has 1 unspecified atom stereocenters. The van der Waals surface area contributed by atoms with Gasteiger partial charge in [0.15, 0.2) is 0 Å². The molecule has 0 bridgehead atoms. The molecule has 0 saturated carbocycles. The Labute approximate surface area is 119 Å². The number of unbranched alkanes of at least 4 members (excludes halogenated alkanes) is 4. The number of hydrogen-bond acceptors (Lipinski definition) is 1. The van der Waals surface area contributed by atoms with Gasteiger partial charge in [-0.3, -0.25) is 0 Å². The fraction of sp³-hybridized carbons (Fsp3) is 0.667. The van der Waals surface area contributed by atoms with E-state index in [4.69, 9.17) is 0 Å². The summed E-state index contributed by atoms with van der Waals surface area (Å²) < 4.78 is 0. The zero-order valence-corrected chi connectivity index (χ0v) is 12.9. The summed E-state index contributed by atoms with van der Waals surface area (Å²) in [5, 5.41) is 10.3. The summed E-state index contributed by atoms with van der Waals surface area (Å²) in [4.78, 5) is 0. The molecule has 0 amide bonds. The van der Waals surface area contributed by atoms with E-state index in [2.05, 4.69) is 39.0 Å². The topological polar surface area (TPSA) is 20.2 Å². The zero-order valence-electron chi connectivity index (χ0n) is 12.9. The summed E-state index contributed by atoms with van der Waals surface area (Å²) in [6, 6.07) is 6.50. The molecule has 0 aliphatic carbocycles. The molecule has 0 aliphatic heterocycles. The molecular weight excluding hydrogens is 232 g/mol. The second-order valence-corrected chi connectivity index (χ2v) is 5.45.